The minimum atomic E-state index is 0.886. The van der Waals surface area contributed by atoms with E-state index in [1.54, 1.807) is 0 Å². The van der Waals surface area contributed by atoms with Crippen molar-refractivity contribution in [1.82, 2.24) is 10.3 Å². The summed E-state index contributed by atoms with van der Waals surface area (Å²) in [6, 6.07) is 4.04. The smallest absolute Gasteiger partial charge is 0.0271 e. The first kappa shape index (κ1) is 10.7. The van der Waals surface area contributed by atoms with Crippen molar-refractivity contribution in [2.45, 2.75) is 25.8 Å². The van der Waals surface area contributed by atoms with Gasteiger partial charge in [-0.3, -0.25) is 4.98 Å². The summed E-state index contributed by atoms with van der Waals surface area (Å²) in [7, 11) is 0. The lowest BCUT2D eigenvalue weighted by molar-refractivity contribution is 0.629. The van der Waals surface area contributed by atoms with Crippen LogP contribution in [0.5, 0.6) is 0 Å². The lowest BCUT2D eigenvalue weighted by Gasteiger charge is -2.03. The first-order valence-corrected chi connectivity index (χ1v) is 4.96. The number of rotatable bonds is 6. The SMILES string of the molecule is C#CCCCCNCc1ccncc1. The molecule has 0 aliphatic rings. The molecule has 2 nitrogen and oxygen atoms in total. The van der Waals surface area contributed by atoms with Crippen molar-refractivity contribution >= 4 is 0 Å². The zero-order chi connectivity index (χ0) is 10.1. The maximum Gasteiger partial charge on any atom is 0.0271 e. The van der Waals surface area contributed by atoms with Crippen LogP contribution in [0, 0.1) is 12.3 Å². The number of unbranched alkanes of at least 4 members (excludes halogenated alkanes) is 2. The van der Waals surface area contributed by atoms with Gasteiger partial charge in [0.15, 0.2) is 0 Å². The fraction of sp³-hybridized carbons (Fsp3) is 0.417. The summed E-state index contributed by atoms with van der Waals surface area (Å²) in [6.45, 7) is 1.95. The monoisotopic (exact) mass is 188 g/mol. The van der Waals surface area contributed by atoms with Crippen LogP contribution in [0.3, 0.4) is 0 Å². The Morgan fingerprint density at radius 1 is 1.29 bits per heavy atom. The van der Waals surface area contributed by atoms with Gasteiger partial charge >= 0.3 is 0 Å². The molecule has 0 aliphatic carbocycles. The highest BCUT2D eigenvalue weighted by molar-refractivity contribution is 5.08. The normalized spacial score (nSPS) is 9.64. The molecule has 1 aromatic rings. The Balaban J connectivity index is 2.03. The molecule has 14 heavy (non-hydrogen) atoms. The minimum Gasteiger partial charge on any atom is -0.313 e. The van der Waals surface area contributed by atoms with E-state index in [0.717, 1.165) is 32.4 Å². The summed E-state index contributed by atoms with van der Waals surface area (Å²) in [4.78, 5) is 3.96. The molecular formula is C12H16N2. The van der Waals surface area contributed by atoms with E-state index < -0.39 is 0 Å². The van der Waals surface area contributed by atoms with Crippen LogP contribution in [0.25, 0.3) is 0 Å². The average Bonchev–Trinajstić information content (AvgIpc) is 2.25. The van der Waals surface area contributed by atoms with E-state index >= 15 is 0 Å². The number of nitrogens with one attached hydrogen (secondary N) is 1. The molecule has 0 saturated carbocycles. The second-order valence-electron chi connectivity index (χ2n) is 3.19. The molecule has 0 unspecified atom stereocenters. The number of nitrogens with zero attached hydrogens (tertiary/aromatic N) is 1. The van der Waals surface area contributed by atoms with Gasteiger partial charge in [-0.1, -0.05) is 0 Å². The number of terminal acetylenes is 1. The summed E-state index contributed by atoms with van der Waals surface area (Å²) in [5.74, 6) is 2.64. The average molecular weight is 188 g/mol. The van der Waals surface area contributed by atoms with Gasteiger partial charge in [0.1, 0.15) is 0 Å². The Bertz CT molecular complexity index is 274. The van der Waals surface area contributed by atoms with Crippen molar-refractivity contribution < 1.29 is 0 Å². The highest BCUT2D eigenvalue weighted by Crippen LogP contribution is 1.96. The molecule has 2 heteroatoms. The first-order valence-electron chi connectivity index (χ1n) is 4.96. The van der Waals surface area contributed by atoms with Gasteiger partial charge in [0.05, 0.1) is 0 Å². The molecule has 0 aromatic carbocycles. The topological polar surface area (TPSA) is 24.9 Å². The quantitative estimate of drug-likeness (QED) is 0.545. The van der Waals surface area contributed by atoms with Gasteiger partial charge in [-0.05, 0) is 37.1 Å². The summed E-state index contributed by atoms with van der Waals surface area (Å²) in [5.41, 5.74) is 1.27. The van der Waals surface area contributed by atoms with E-state index in [2.05, 4.69) is 16.2 Å². The predicted octanol–water partition coefficient (Wildman–Crippen LogP) is 1.97. The van der Waals surface area contributed by atoms with Crippen LogP contribution in [0.1, 0.15) is 24.8 Å². The Morgan fingerprint density at radius 3 is 2.79 bits per heavy atom. The van der Waals surface area contributed by atoms with Gasteiger partial charge in [0, 0.05) is 25.4 Å². The Labute approximate surface area is 85.8 Å². The van der Waals surface area contributed by atoms with Crippen LogP contribution < -0.4 is 5.32 Å². The molecule has 1 heterocycles. The first-order chi connectivity index (χ1) is 6.93. The van der Waals surface area contributed by atoms with Crippen LogP contribution in [0.15, 0.2) is 24.5 Å². The standard InChI is InChI=1S/C12H16N2/c1-2-3-4-5-8-14-11-12-6-9-13-10-7-12/h1,6-7,9-10,14H,3-5,8,11H2. The second kappa shape index (κ2) is 7.11. The van der Waals surface area contributed by atoms with Gasteiger partial charge in [-0.15, -0.1) is 12.3 Å². The molecular weight excluding hydrogens is 172 g/mol. The van der Waals surface area contributed by atoms with E-state index in [0.29, 0.717) is 0 Å². The van der Waals surface area contributed by atoms with Crippen molar-refractivity contribution in [3.8, 4) is 12.3 Å². The van der Waals surface area contributed by atoms with Gasteiger partial charge in [0.25, 0.3) is 0 Å². The molecule has 0 atom stereocenters. The molecule has 74 valence electrons. The highest BCUT2D eigenvalue weighted by atomic mass is 14.8. The summed E-state index contributed by atoms with van der Waals surface area (Å²) < 4.78 is 0. The number of hydrogen-bond acceptors (Lipinski definition) is 2. The number of pyridine rings is 1. The van der Waals surface area contributed by atoms with Gasteiger partial charge in [-0.25, -0.2) is 0 Å². The minimum absolute atomic E-state index is 0.886. The Morgan fingerprint density at radius 2 is 2.07 bits per heavy atom. The molecule has 0 spiro atoms. The molecule has 1 aromatic heterocycles. The van der Waals surface area contributed by atoms with Gasteiger partial charge in [-0.2, -0.15) is 0 Å². The van der Waals surface area contributed by atoms with Crippen LogP contribution in [-0.4, -0.2) is 11.5 Å². The third-order valence-corrected chi connectivity index (χ3v) is 2.00. The maximum atomic E-state index is 5.16. The molecule has 0 aliphatic heterocycles. The van der Waals surface area contributed by atoms with Crippen molar-refractivity contribution in [1.29, 1.82) is 0 Å². The molecule has 1 N–H and O–H groups in total. The highest BCUT2D eigenvalue weighted by Gasteiger charge is 1.90. The number of aromatic nitrogens is 1. The fourth-order valence-electron chi connectivity index (χ4n) is 1.21. The molecule has 0 bridgehead atoms. The Kier molecular flexibility index (Phi) is 5.46. The predicted molar refractivity (Wildman–Crippen MR) is 58.6 cm³/mol. The van der Waals surface area contributed by atoms with Gasteiger partial charge in [0.2, 0.25) is 0 Å². The van der Waals surface area contributed by atoms with Crippen LogP contribution in [0.4, 0.5) is 0 Å². The fourth-order valence-corrected chi connectivity index (χ4v) is 1.21. The zero-order valence-electron chi connectivity index (χ0n) is 8.37. The number of hydrogen-bond donors (Lipinski definition) is 1. The molecule has 0 saturated heterocycles. The molecule has 0 amide bonds. The summed E-state index contributed by atoms with van der Waals surface area (Å²) in [6.07, 6.45) is 11.9. The van der Waals surface area contributed by atoms with E-state index in [9.17, 15) is 0 Å². The molecule has 0 fully saturated rings. The van der Waals surface area contributed by atoms with E-state index in [1.165, 1.54) is 5.56 Å². The maximum absolute atomic E-state index is 5.16. The van der Waals surface area contributed by atoms with E-state index in [1.807, 2.05) is 24.5 Å². The summed E-state index contributed by atoms with van der Waals surface area (Å²) in [5, 5.41) is 3.36. The van der Waals surface area contributed by atoms with Crippen molar-refractivity contribution in [2.75, 3.05) is 6.54 Å². The van der Waals surface area contributed by atoms with E-state index in [4.69, 9.17) is 6.42 Å². The molecule has 1 rings (SSSR count). The third-order valence-electron chi connectivity index (χ3n) is 2.00. The lowest BCUT2D eigenvalue weighted by atomic mass is 10.2. The second-order valence-corrected chi connectivity index (χ2v) is 3.19. The van der Waals surface area contributed by atoms with Gasteiger partial charge < -0.3 is 5.32 Å². The largest absolute Gasteiger partial charge is 0.313 e. The van der Waals surface area contributed by atoms with Crippen molar-refractivity contribution in [3.63, 3.8) is 0 Å². The zero-order valence-corrected chi connectivity index (χ0v) is 8.37. The van der Waals surface area contributed by atoms with Crippen LogP contribution in [0.2, 0.25) is 0 Å². The summed E-state index contributed by atoms with van der Waals surface area (Å²) >= 11 is 0. The Hall–Kier alpha value is -1.33. The lowest BCUT2D eigenvalue weighted by Crippen LogP contribution is -2.14. The van der Waals surface area contributed by atoms with Crippen molar-refractivity contribution in [2.24, 2.45) is 0 Å². The van der Waals surface area contributed by atoms with Crippen LogP contribution in [-0.2, 0) is 6.54 Å². The van der Waals surface area contributed by atoms with E-state index in [-0.39, 0.29) is 0 Å². The molecule has 0 radical (unpaired) electrons. The third kappa shape index (κ3) is 4.64. The van der Waals surface area contributed by atoms with Crippen LogP contribution >= 0.6 is 0 Å². The van der Waals surface area contributed by atoms with Crippen molar-refractivity contribution in [3.05, 3.63) is 30.1 Å².